The Balaban J connectivity index is 2.53. The van der Waals surface area contributed by atoms with E-state index in [1.54, 1.807) is 30.3 Å². The molecule has 0 aliphatic carbocycles. The number of rotatable bonds is 4. The highest BCUT2D eigenvalue weighted by Gasteiger charge is 1.94. The van der Waals surface area contributed by atoms with Gasteiger partial charge in [-0.15, -0.1) is 0 Å². The van der Waals surface area contributed by atoms with Gasteiger partial charge in [0.15, 0.2) is 0 Å². The van der Waals surface area contributed by atoms with Gasteiger partial charge in [-0.1, -0.05) is 24.8 Å². The van der Waals surface area contributed by atoms with Gasteiger partial charge in [0.1, 0.15) is 12.4 Å². The first-order valence-electron chi connectivity index (χ1n) is 4.47. The number of phenolic OH excluding ortho intramolecular Hbond substituents is 1. The lowest BCUT2D eigenvalue weighted by atomic mass is 10.2. The zero-order chi connectivity index (χ0) is 11.1. The van der Waals surface area contributed by atoms with Gasteiger partial charge in [0.25, 0.3) is 0 Å². The number of ether oxygens (including phenoxy) is 1. The molecule has 0 heterocycles. The summed E-state index contributed by atoms with van der Waals surface area (Å²) in [6, 6.07) is 6.50. The molecular formula is C12H12O3. The molecule has 3 heteroatoms. The van der Waals surface area contributed by atoms with E-state index in [1.165, 1.54) is 12.2 Å². The van der Waals surface area contributed by atoms with Crippen molar-refractivity contribution in [3.63, 3.8) is 0 Å². The van der Waals surface area contributed by atoms with Crippen LogP contribution >= 0.6 is 0 Å². The first-order chi connectivity index (χ1) is 7.22. The van der Waals surface area contributed by atoms with E-state index in [0.717, 1.165) is 5.56 Å². The van der Waals surface area contributed by atoms with Crippen LogP contribution < -0.4 is 0 Å². The third-order valence-corrected chi connectivity index (χ3v) is 1.65. The maximum Gasteiger partial charge on any atom is 0.331 e. The maximum absolute atomic E-state index is 11.0. The summed E-state index contributed by atoms with van der Waals surface area (Å²) in [6.07, 6.45) is 4.45. The Hall–Kier alpha value is -2.03. The lowest BCUT2D eigenvalue weighted by Gasteiger charge is -1.96. The van der Waals surface area contributed by atoms with Crippen LogP contribution in [0.2, 0.25) is 0 Å². The van der Waals surface area contributed by atoms with Crippen LogP contribution in [-0.2, 0) is 9.53 Å². The fourth-order valence-electron chi connectivity index (χ4n) is 0.939. The van der Waals surface area contributed by atoms with E-state index in [1.807, 2.05) is 0 Å². The van der Waals surface area contributed by atoms with E-state index in [-0.39, 0.29) is 12.4 Å². The van der Waals surface area contributed by atoms with Crippen LogP contribution in [0.25, 0.3) is 6.08 Å². The Morgan fingerprint density at radius 3 is 2.67 bits per heavy atom. The Kier molecular flexibility index (Phi) is 4.16. The van der Waals surface area contributed by atoms with E-state index < -0.39 is 5.97 Å². The molecule has 0 unspecified atom stereocenters. The van der Waals surface area contributed by atoms with Crippen LogP contribution in [0.4, 0.5) is 0 Å². The number of carbonyl (C=O) groups excluding carboxylic acids is 1. The monoisotopic (exact) mass is 204 g/mol. The van der Waals surface area contributed by atoms with Gasteiger partial charge in [0.05, 0.1) is 0 Å². The minimum atomic E-state index is -0.414. The number of phenols is 1. The van der Waals surface area contributed by atoms with Crippen molar-refractivity contribution in [3.8, 4) is 5.75 Å². The fraction of sp³-hybridized carbons (Fsp3) is 0.0833. The number of benzene rings is 1. The molecule has 0 amide bonds. The predicted octanol–water partition coefficient (Wildman–Crippen LogP) is 2.13. The second kappa shape index (κ2) is 5.65. The van der Waals surface area contributed by atoms with Gasteiger partial charge < -0.3 is 9.84 Å². The van der Waals surface area contributed by atoms with E-state index in [4.69, 9.17) is 9.84 Å². The number of hydrogen-bond acceptors (Lipinski definition) is 3. The van der Waals surface area contributed by atoms with E-state index in [2.05, 4.69) is 6.58 Å². The van der Waals surface area contributed by atoms with Crippen LogP contribution in [0.5, 0.6) is 5.75 Å². The quantitative estimate of drug-likeness (QED) is 0.464. The molecule has 0 aliphatic rings. The molecule has 1 N–H and O–H groups in total. The van der Waals surface area contributed by atoms with Crippen molar-refractivity contribution in [2.45, 2.75) is 0 Å². The van der Waals surface area contributed by atoms with E-state index in [9.17, 15) is 4.79 Å². The van der Waals surface area contributed by atoms with Crippen molar-refractivity contribution in [3.05, 3.63) is 48.6 Å². The first-order valence-corrected chi connectivity index (χ1v) is 4.47. The first kappa shape index (κ1) is 11.0. The van der Waals surface area contributed by atoms with Gasteiger partial charge in [0.2, 0.25) is 0 Å². The molecule has 78 valence electrons. The summed E-state index contributed by atoms with van der Waals surface area (Å²) in [4.78, 5) is 11.0. The van der Waals surface area contributed by atoms with Crippen molar-refractivity contribution >= 4 is 12.0 Å². The minimum Gasteiger partial charge on any atom is -0.508 e. The molecule has 0 atom stereocenters. The van der Waals surface area contributed by atoms with Crippen molar-refractivity contribution in [1.82, 2.24) is 0 Å². The van der Waals surface area contributed by atoms with Crippen molar-refractivity contribution < 1.29 is 14.6 Å². The standard InChI is InChI=1S/C12H12O3/c1-2-9-15-12(14)8-5-10-3-6-11(13)7-4-10/h2-8,13H,1,9H2/b8-5+. The van der Waals surface area contributed by atoms with Crippen LogP contribution in [0.1, 0.15) is 5.56 Å². The number of aromatic hydroxyl groups is 1. The largest absolute Gasteiger partial charge is 0.508 e. The molecule has 3 nitrogen and oxygen atoms in total. The van der Waals surface area contributed by atoms with Crippen LogP contribution in [0, 0.1) is 0 Å². The molecule has 15 heavy (non-hydrogen) atoms. The summed E-state index contributed by atoms with van der Waals surface area (Å²) in [5.74, 6) is -0.218. The lowest BCUT2D eigenvalue weighted by molar-refractivity contribution is -0.136. The molecule has 0 spiro atoms. The van der Waals surface area contributed by atoms with Crippen molar-refractivity contribution in [2.75, 3.05) is 6.61 Å². The molecule has 0 bridgehead atoms. The molecule has 1 aromatic carbocycles. The van der Waals surface area contributed by atoms with Crippen LogP contribution in [-0.4, -0.2) is 17.7 Å². The smallest absolute Gasteiger partial charge is 0.331 e. The highest BCUT2D eigenvalue weighted by Crippen LogP contribution is 2.10. The van der Waals surface area contributed by atoms with Crippen LogP contribution in [0.3, 0.4) is 0 Å². The second-order valence-corrected chi connectivity index (χ2v) is 2.84. The molecule has 0 aliphatic heterocycles. The SMILES string of the molecule is C=CCOC(=O)/C=C/c1ccc(O)cc1. The lowest BCUT2D eigenvalue weighted by Crippen LogP contribution is -1.99. The number of carbonyl (C=O) groups is 1. The third kappa shape index (κ3) is 4.13. The Morgan fingerprint density at radius 2 is 2.07 bits per heavy atom. The molecule has 1 rings (SSSR count). The highest BCUT2D eigenvalue weighted by atomic mass is 16.5. The average Bonchev–Trinajstić information content (AvgIpc) is 2.25. The summed E-state index contributed by atoms with van der Waals surface area (Å²) in [5.41, 5.74) is 0.823. The topological polar surface area (TPSA) is 46.5 Å². The Labute approximate surface area is 88.3 Å². The normalized spacial score (nSPS) is 10.1. The molecular weight excluding hydrogens is 192 g/mol. The number of hydrogen-bond donors (Lipinski definition) is 1. The van der Waals surface area contributed by atoms with Gasteiger partial charge >= 0.3 is 5.97 Å². The molecule has 0 aromatic heterocycles. The van der Waals surface area contributed by atoms with Gasteiger partial charge in [0, 0.05) is 6.08 Å². The predicted molar refractivity (Wildman–Crippen MR) is 58.3 cm³/mol. The molecule has 1 aromatic rings. The molecule has 0 saturated carbocycles. The van der Waals surface area contributed by atoms with Crippen molar-refractivity contribution in [2.24, 2.45) is 0 Å². The average molecular weight is 204 g/mol. The summed E-state index contributed by atoms with van der Waals surface area (Å²) >= 11 is 0. The van der Waals surface area contributed by atoms with Gasteiger partial charge in [-0.2, -0.15) is 0 Å². The van der Waals surface area contributed by atoms with Gasteiger partial charge in [-0.3, -0.25) is 0 Å². The summed E-state index contributed by atoms with van der Waals surface area (Å²) in [7, 11) is 0. The third-order valence-electron chi connectivity index (χ3n) is 1.65. The maximum atomic E-state index is 11.0. The Morgan fingerprint density at radius 1 is 1.40 bits per heavy atom. The van der Waals surface area contributed by atoms with E-state index in [0.29, 0.717) is 0 Å². The Bertz CT molecular complexity index is 363. The van der Waals surface area contributed by atoms with Crippen LogP contribution in [0.15, 0.2) is 43.0 Å². The zero-order valence-corrected chi connectivity index (χ0v) is 8.22. The molecule has 0 fully saturated rings. The van der Waals surface area contributed by atoms with Crippen molar-refractivity contribution in [1.29, 1.82) is 0 Å². The minimum absolute atomic E-state index is 0.196. The summed E-state index contributed by atoms with van der Waals surface area (Å²) in [5, 5.41) is 9.02. The molecule has 0 saturated heterocycles. The van der Waals surface area contributed by atoms with Gasteiger partial charge in [-0.25, -0.2) is 4.79 Å². The van der Waals surface area contributed by atoms with Gasteiger partial charge in [-0.05, 0) is 23.8 Å². The summed E-state index contributed by atoms with van der Waals surface area (Å²) in [6.45, 7) is 3.64. The second-order valence-electron chi connectivity index (χ2n) is 2.84. The number of esters is 1. The zero-order valence-electron chi connectivity index (χ0n) is 8.22. The summed E-state index contributed by atoms with van der Waals surface area (Å²) < 4.78 is 4.74. The van der Waals surface area contributed by atoms with E-state index >= 15 is 0 Å². The highest BCUT2D eigenvalue weighted by molar-refractivity contribution is 5.87. The molecule has 0 radical (unpaired) electrons. The fourth-order valence-corrected chi connectivity index (χ4v) is 0.939.